The molecule has 0 radical (unpaired) electrons. The van der Waals surface area contributed by atoms with Crippen molar-refractivity contribution in [2.45, 2.75) is 24.5 Å². The lowest BCUT2D eigenvalue weighted by molar-refractivity contribution is -0.141. The van der Waals surface area contributed by atoms with E-state index in [9.17, 15) is 24.6 Å². The second kappa shape index (κ2) is 8.88. The number of carbonyl (C=O) groups excluding carboxylic acids is 2. The lowest BCUT2D eigenvalue weighted by atomic mass is 9.98. The molecule has 1 saturated heterocycles. The van der Waals surface area contributed by atoms with Crippen LogP contribution < -0.4 is 5.32 Å². The average Bonchev–Trinajstić information content (AvgIpc) is 3.51. The van der Waals surface area contributed by atoms with Crippen molar-refractivity contribution in [1.29, 1.82) is 0 Å². The second-order valence-electron chi connectivity index (χ2n) is 8.68. The highest BCUT2D eigenvalue weighted by molar-refractivity contribution is 6.02. The summed E-state index contributed by atoms with van der Waals surface area (Å²) in [5.74, 6) is -1.98. The van der Waals surface area contributed by atoms with Crippen molar-refractivity contribution in [3.05, 3.63) is 71.5 Å². The predicted molar refractivity (Wildman–Crippen MR) is 125 cm³/mol. The quantitative estimate of drug-likeness (QED) is 0.515. The highest BCUT2D eigenvalue weighted by Crippen LogP contribution is 2.44. The number of fused-ring (bicyclic) bond motifs is 3. The van der Waals surface area contributed by atoms with Crippen LogP contribution in [0.3, 0.4) is 0 Å². The first-order valence-corrected chi connectivity index (χ1v) is 11.2. The molecule has 10 nitrogen and oxygen atoms in total. The summed E-state index contributed by atoms with van der Waals surface area (Å²) in [7, 11) is 1.51. The first-order chi connectivity index (χ1) is 16.8. The number of hydrogen-bond donors (Lipinski definition) is 3. The zero-order chi connectivity index (χ0) is 24.7. The minimum Gasteiger partial charge on any atom is -0.480 e. The number of carboxylic acids is 1. The third-order valence-corrected chi connectivity index (χ3v) is 6.55. The van der Waals surface area contributed by atoms with Crippen LogP contribution in [-0.4, -0.2) is 68.2 Å². The number of carbonyl (C=O) groups is 3. The van der Waals surface area contributed by atoms with Gasteiger partial charge in [0.2, 0.25) is 0 Å². The van der Waals surface area contributed by atoms with E-state index in [1.54, 1.807) is 0 Å². The molecule has 1 unspecified atom stereocenters. The van der Waals surface area contributed by atoms with Crippen molar-refractivity contribution in [1.82, 2.24) is 14.7 Å². The lowest BCUT2D eigenvalue weighted by Gasteiger charge is -2.21. The third kappa shape index (κ3) is 4.01. The van der Waals surface area contributed by atoms with E-state index in [2.05, 4.69) is 10.4 Å². The number of β-amino-alcohol motifs (C(OH)–C–C–N with tert-alkyl or cyclic N) is 1. The number of nitrogens with zero attached hydrogens (tertiary/aromatic N) is 3. The molecule has 0 spiro atoms. The summed E-state index contributed by atoms with van der Waals surface area (Å²) in [5.41, 5.74) is 4.47. The van der Waals surface area contributed by atoms with Gasteiger partial charge < -0.3 is 19.8 Å². The topological polar surface area (TPSA) is 134 Å². The van der Waals surface area contributed by atoms with Crippen molar-refractivity contribution >= 4 is 23.7 Å². The number of carboxylic acid groups (broad SMARTS) is 1. The Hall–Kier alpha value is -4.18. The third-order valence-electron chi connectivity index (χ3n) is 6.55. The highest BCUT2D eigenvalue weighted by atomic mass is 16.5. The number of rotatable bonds is 5. The molecule has 3 aromatic rings. The van der Waals surface area contributed by atoms with Crippen LogP contribution in [0.1, 0.15) is 34.0 Å². The molecular weight excluding hydrogens is 452 g/mol. The van der Waals surface area contributed by atoms with Gasteiger partial charge in [0.25, 0.3) is 5.91 Å². The molecule has 0 saturated carbocycles. The van der Waals surface area contributed by atoms with Gasteiger partial charge in [-0.05, 0) is 22.3 Å². The summed E-state index contributed by atoms with van der Waals surface area (Å²) < 4.78 is 6.80. The number of aryl methyl sites for hydroxylation is 1. The first kappa shape index (κ1) is 22.6. The van der Waals surface area contributed by atoms with Gasteiger partial charge in [0.1, 0.15) is 18.3 Å². The van der Waals surface area contributed by atoms with E-state index in [-0.39, 0.29) is 36.9 Å². The van der Waals surface area contributed by atoms with Crippen molar-refractivity contribution in [2.75, 3.05) is 18.5 Å². The maximum Gasteiger partial charge on any atom is 0.411 e. The van der Waals surface area contributed by atoms with Gasteiger partial charge in [-0.1, -0.05) is 48.5 Å². The van der Waals surface area contributed by atoms with E-state index < -0.39 is 30.1 Å². The smallest absolute Gasteiger partial charge is 0.411 e. The zero-order valence-electron chi connectivity index (χ0n) is 18.9. The normalized spacial score (nSPS) is 18.7. The number of likely N-dealkylation sites (tertiary alicyclic amines) is 1. The largest absolute Gasteiger partial charge is 0.480 e. The van der Waals surface area contributed by atoms with E-state index in [0.717, 1.165) is 27.2 Å². The van der Waals surface area contributed by atoms with E-state index in [1.807, 2.05) is 48.5 Å². The van der Waals surface area contributed by atoms with Gasteiger partial charge in [0, 0.05) is 25.9 Å². The van der Waals surface area contributed by atoms with E-state index in [1.165, 1.54) is 17.9 Å². The average molecular weight is 476 g/mol. The molecule has 2 amide bonds. The van der Waals surface area contributed by atoms with Gasteiger partial charge in [-0.2, -0.15) is 5.10 Å². The number of amides is 2. The molecule has 1 aromatic heterocycles. The van der Waals surface area contributed by atoms with Gasteiger partial charge in [0.15, 0.2) is 0 Å². The minimum absolute atomic E-state index is 0.00106. The predicted octanol–water partition coefficient (Wildman–Crippen LogP) is 2.44. The van der Waals surface area contributed by atoms with Gasteiger partial charge >= 0.3 is 12.1 Å². The fourth-order valence-electron chi connectivity index (χ4n) is 4.94. The molecule has 35 heavy (non-hydrogen) atoms. The Morgan fingerprint density at radius 3 is 2.34 bits per heavy atom. The summed E-state index contributed by atoms with van der Waals surface area (Å²) in [4.78, 5) is 38.5. The van der Waals surface area contributed by atoms with Gasteiger partial charge in [-0.25, -0.2) is 9.59 Å². The van der Waals surface area contributed by atoms with Crippen molar-refractivity contribution in [2.24, 2.45) is 7.05 Å². The molecule has 1 aliphatic heterocycles. The molecule has 2 aliphatic rings. The molecule has 2 heterocycles. The molecule has 2 aromatic carbocycles. The van der Waals surface area contributed by atoms with Crippen LogP contribution in [0.25, 0.3) is 11.1 Å². The summed E-state index contributed by atoms with van der Waals surface area (Å²) in [6, 6.07) is 14.8. The number of anilines is 1. The SMILES string of the molecule is Cn1ncc(NC(=O)OCC2c3ccccc3-c3ccccc32)c1C(=O)N1CC(O)C[C@H]1C(=O)O. The summed E-state index contributed by atoms with van der Waals surface area (Å²) >= 11 is 0. The van der Waals surface area contributed by atoms with Crippen LogP contribution in [-0.2, 0) is 16.6 Å². The molecule has 180 valence electrons. The molecule has 3 N–H and O–H groups in total. The Balaban J connectivity index is 1.31. The molecule has 10 heteroatoms. The fourth-order valence-corrected chi connectivity index (χ4v) is 4.94. The van der Waals surface area contributed by atoms with Gasteiger partial charge in [-0.3, -0.25) is 14.8 Å². The Morgan fingerprint density at radius 2 is 1.71 bits per heavy atom. The van der Waals surface area contributed by atoms with Crippen LogP contribution in [0, 0.1) is 0 Å². The molecular formula is C25H24N4O6. The molecule has 0 bridgehead atoms. The van der Waals surface area contributed by atoms with Crippen LogP contribution in [0.5, 0.6) is 0 Å². The van der Waals surface area contributed by atoms with Gasteiger partial charge in [-0.15, -0.1) is 0 Å². The maximum absolute atomic E-state index is 13.1. The number of aliphatic carboxylic acids is 1. The molecule has 1 aliphatic carbocycles. The van der Waals surface area contributed by atoms with E-state index in [0.29, 0.717) is 0 Å². The maximum atomic E-state index is 13.1. The van der Waals surface area contributed by atoms with Crippen LogP contribution in [0.15, 0.2) is 54.7 Å². The standard InChI is InChI=1S/C25H24N4O6/c1-28-22(23(31)29-12-14(30)10-21(29)24(32)33)20(11-26-28)27-25(34)35-13-19-17-8-4-2-6-15(17)16-7-3-5-9-18(16)19/h2-9,11,14,19,21,30H,10,12-13H2,1H3,(H,27,34)(H,32,33)/t14?,21-/m0/s1. The summed E-state index contributed by atoms with van der Waals surface area (Å²) in [6.45, 7) is -0.0197. The molecule has 2 atom stereocenters. The summed E-state index contributed by atoms with van der Waals surface area (Å²) in [6.07, 6.45) is -0.456. The van der Waals surface area contributed by atoms with Crippen molar-refractivity contribution in [3.63, 3.8) is 0 Å². The van der Waals surface area contributed by atoms with Crippen LogP contribution >= 0.6 is 0 Å². The number of nitrogens with one attached hydrogen (secondary N) is 1. The molecule has 1 fully saturated rings. The second-order valence-corrected chi connectivity index (χ2v) is 8.68. The van der Waals surface area contributed by atoms with Crippen molar-refractivity contribution in [3.8, 4) is 11.1 Å². The number of benzene rings is 2. The Labute approximate surface area is 200 Å². The zero-order valence-corrected chi connectivity index (χ0v) is 18.9. The monoisotopic (exact) mass is 476 g/mol. The first-order valence-electron chi connectivity index (χ1n) is 11.2. The number of aliphatic hydroxyl groups is 1. The van der Waals surface area contributed by atoms with Gasteiger partial charge in [0.05, 0.1) is 18.0 Å². The van der Waals surface area contributed by atoms with E-state index in [4.69, 9.17) is 4.74 Å². The van der Waals surface area contributed by atoms with Crippen molar-refractivity contribution < 1.29 is 29.3 Å². The molecule has 5 rings (SSSR count). The Morgan fingerprint density at radius 1 is 1.09 bits per heavy atom. The lowest BCUT2D eigenvalue weighted by Crippen LogP contribution is -2.41. The Bertz CT molecular complexity index is 1270. The Kier molecular flexibility index (Phi) is 5.73. The fraction of sp³-hybridized carbons (Fsp3) is 0.280. The number of aliphatic hydroxyl groups excluding tert-OH is 1. The number of aromatic nitrogens is 2. The number of hydrogen-bond acceptors (Lipinski definition) is 6. The van der Waals surface area contributed by atoms with Crippen LogP contribution in [0.4, 0.5) is 10.5 Å². The minimum atomic E-state index is -1.21. The van der Waals surface area contributed by atoms with Crippen LogP contribution in [0.2, 0.25) is 0 Å². The number of ether oxygens (including phenoxy) is 1. The van der Waals surface area contributed by atoms with E-state index >= 15 is 0 Å². The highest BCUT2D eigenvalue weighted by Gasteiger charge is 2.41. The summed E-state index contributed by atoms with van der Waals surface area (Å²) in [5, 5.41) is 25.9.